The zero-order chi connectivity index (χ0) is 14.3. The molecular formula is C14H11BrIN3O. The highest BCUT2D eigenvalue weighted by Crippen LogP contribution is 2.30. The summed E-state index contributed by atoms with van der Waals surface area (Å²) in [6, 6.07) is 11.9. The Kier molecular flexibility index (Phi) is 3.59. The Hall–Kier alpha value is -1.28. The maximum absolute atomic E-state index is 6.06. The van der Waals surface area contributed by atoms with Crippen molar-refractivity contribution in [1.82, 2.24) is 9.55 Å². The first-order valence-electron chi connectivity index (χ1n) is 5.87. The average Bonchev–Trinajstić information content (AvgIpc) is 2.74. The summed E-state index contributed by atoms with van der Waals surface area (Å²) in [5.74, 6) is 1.22. The fraction of sp³-hybridized carbons (Fsp3) is 0.0714. The van der Waals surface area contributed by atoms with Crippen LogP contribution in [0.2, 0.25) is 0 Å². The van der Waals surface area contributed by atoms with Gasteiger partial charge in [-0.1, -0.05) is 0 Å². The average molecular weight is 444 g/mol. The van der Waals surface area contributed by atoms with Gasteiger partial charge < -0.3 is 10.5 Å². The molecule has 1 heterocycles. The number of rotatable bonds is 2. The third kappa shape index (κ3) is 2.26. The molecule has 3 rings (SSSR count). The third-order valence-corrected chi connectivity index (χ3v) is 4.36. The van der Waals surface area contributed by atoms with Crippen LogP contribution in [0, 0.1) is 3.57 Å². The molecule has 0 amide bonds. The smallest absolute Gasteiger partial charge is 0.205 e. The van der Waals surface area contributed by atoms with Crippen molar-refractivity contribution in [3.8, 4) is 11.4 Å². The maximum Gasteiger partial charge on any atom is 0.205 e. The zero-order valence-electron chi connectivity index (χ0n) is 10.6. The van der Waals surface area contributed by atoms with Crippen molar-refractivity contribution in [1.29, 1.82) is 0 Å². The van der Waals surface area contributed by atoms with Crippen molar-refractivity contribution in [2.45, 2.75) is 0 Å². The van der Waals surface area contributed by atoms with E-state index in [9.17, 15) is 0 Å². The van der Waals surface area contributed by atoms with Crippen LogP contribution in [-0.4, -0.2) is 16.7 Å². The van der Waals surface area contributed by atoms with Gasteiger partial charge in [0, 0.05) is 9.64 Å². The second kappa shape index (κ2) is 5.25. The number of nitrogens with zero attached hydrogens (tertiary/aromatic N) is 2. The van der Waals surface area contributed by atoms with E-state index in [0.717, 1.165) is 30.5 Å². The highest BCUT2D eigenvalue weighted by molar-refractivity contribution is 14.1. The summed E-state index contributed by atoms with van der Waals surface area (Å²) < 4.78 is 9.29. The topological polar surface area (TPSA) is 53.1 Å². The first kappa shape index (κ1) is 13.7. The summed E-state index contributed by atoms with van der Waals surface area (Å²) in [7, 11) is 1.64. The second-order valence-electron chi connectivity index (χ2n) is 4.26. The number of halogens is 2. The Morgan fingerprint density at radius 2 is 2.05 bits per heavy atom. The molecule has 20 heavy (non-hydrogen) atoms. The van der Waals surface area contributed by atoms with Gasteiger partial charge in [-0.2, -0.15) is 0 Å². The SMILES string of the molecule is COc1cc(-n2c(N)nc3cc(I)ccc32)ccc1Br. The Bertz CT molecular complexity index is 800. The first-order chi connectivity index (χ1) is 9.60. The molecule has 0 atom stereocenters. The van der Waals surface area contributed by atoms with Crippen LogP contribution >= 0.6 is 38.5 Å². The van der Waals surface area contributed by atoms with Crippen LogP contribution in [0.4, 0.5) is 5.95 Å². The molecule has 3 aromatic rings. The van der Waals surface area contributed by atoms with E-state index in [-0.39, 0.29) is 0 Å². The molecule has 1 aromatic heterocycles. The summed E-state index contributed by atoms with van der Waals surface area (Å²) >= 11 is 5.71. The number of nitrogens with two attached hydrogens (primary N) is 1. The van der Waals surface area contributed by atoms with Crippen LogP contribution in [0.15, 0.2) is 40.9 Å². The van der Waals surface area contributed by atoms with Gasteiger partial charge >= 0.3 is 0 Å². The van der Waals surface area contributed by atoms with E-state index < -0.39 is 0 Å². The van der Waals surface area contributed by atoms with Crippen LogP contribution < -0.4 is 10.5 Å². The van der Waals surface area contributed by atoms with E-state index in [1.54, 1.807) is 7.11 Å². The van der Waals surface area contributed by atoms with Crippen LogP contribution in [0.25, 0.3) is 16.7 Å². The molecule has 6 heteroatoms. The summed E-state index contributed by atoms with van der Waals surface area (Å²) in [5.41, 5.74) is 8.85. The van der Waals surface area contributed by atoms with Gasteiger partial charge in [0.2, 0.25) is 5.95 Å². The van der Waals surface area contributed by atoms with Crippen LogP contribution in [0.5, 0.6) is 5.75 Å². The van der Waals surface area contributed by atoms with Crippen LogP contribution in [-0.2, 0) is 0 Å². The van der Waals surface area contributed by atoms with E-state index >= 15 is 0 Å². The summed E-state index contributed by atoms with van der Waals surface area (Å²) in [6.07, 6.45) is 0. The van der Waals surface area contributed by atoms with Crippen molar-refractivity contribution in [2.75, 3.05) is 12.8 Å². The molecule has 0 radical (unpaired) electrons. The molecule has 2 aromatic carbocycles. The second-order valence-corrected chi connectivity index (χ2v) is 6.36. The number of hydrogen-bond acceptors (Lipinski definition) is 3. The number of imidazole rings is 1. The fourth-order valence-electron chi connectivity index (χ4n) is 2.13. The number of nitrogen functional groups attached to an aromatic ring is 1. The Morgan fingerprint density at radius 3 is 2.80 bits per heavy atom. The van der Waals surface area contributed by atoms with Crippen molar-refractivity contribution in [3.63, 3.8) is 0 Å². The molecule has 102 valence electrons. The number of methoxy groups -OCH3 is 1. The Labute approximate surface area is 138 Å². The summed E-state index contributed by atoms with van der Waals surface area (Å²) in [4.78, 5) is 4.41. The minimum atomic E-state index is 0.464. The van der Waals surface area contributed by atoms with Crippen molar-refractivity contribution < 1.29 is 4.74 Å². The van der Waals surface area contributed by atoms with Gasteiger partial charge in [-0.25, -0.2) is 4.98 Å². The Balaban J connectivity index is 2.26. The molecular weight excluding hydrogens is 433 g/mol. The number of anilines is 1. The van der Waals surface area contributed by atoms with Gasteiger partial charge in [0.1, 0.15) is 5.75 Å². The van der Waals surface area contributed by atoms with E-state index in [0.29, 0.717) is 5.95 Å². The lowest BCUT2D eigenvalue weighted by Crippen LogP contribution is -2.01. The van der Waals surface area contributed by atoms with Gasteiger partial charge in [0.25, 0.3) is 0 Å². The predicted octanol–water partition coefficient (Wildman–Crippen LogP) is 3.98. The van der Waals surface area contributed by atoms with Gasteiger partial charge in [0.15, 0.2) is 0 Å². The maximum atomic E-state index is 6.06. The number of ether oxygens (including phenoxy) is 1. The minimum Gasteiger partial charge on any atom is -0.495 e. The Morgan fingerprint density at radius 1 is 1.25 bits per heavy atom. The molecule has 0 aliphatic rings. The monoisotopic (exact) mass is 443 g/mol. The minimum absolute atomic E-state index is 0.464. The van der Waals surface area contributed by atoms with Gasteiger partial charge in [-0.05, 0) is 68.9 Å². The molecule has 0 saturated carbocycles. The molecule has 4 nitrogen and oxygen atoms in total. The van der Waals surface area contributed by atoms with E-state index in [1.165, 1.54) is 0 Å². The molecule has 0 aliphatic carbocycles. The predicted molar refractivity (Wildman–Crippen MR) is 92.5 cm³/mol. The number of hydrogen-bond donors (Lipinski definition) is 1. The van der Waals surface area contributed by atoms with Gasteiger partial charge in [-0.15, -0.1) is 0 Å². The van der Waals surface area contributed by atoms with Crippen LogP contribution in [0.1, 0.15) is 0 Å². The molecule has 2 N–H and O–H groups in total. The van der Waals surface area contributed by atoms with E-state index in [2.05, 4.69) is 43.5 Å². The quantitative estimate of drug-likeness (QED) is 0.609. The highest BCUT2D eigenvalue weighted by Gasteiger charge is 2.12. The summed E-state index contributed by atoms with van der Waals surface area (Å²) in [6.45, 7) is 0. The number of benzene rings is 2. The van der Waals surface area contributed by atoms with Gasteiger partial charge in [-0.3, -0.25) is 4.57 Å². The number of aromatic nitrogens is 2. The highest BCUT2D eigenvalue weighted by atomic mass is 127. The lowest BCUT2D eigenvalue weighted by molar-refractivity contribution is 0.412. The fourth-order valence-corrected chi connectivity index (χ4v) is 3.01. The summed E-state index contributed by atoms with van der Waals surface area (Å²) in [5, 5.41) is 0. The zero-order valence-corrected chi connectivity index (χ0v) is 14.3. The van der Waals surface area contributed by atoms with E-state index in [4.69, 9.17) is 10.5 Å². The van der Waals surface area contributed by atoms with E-state index in [1.807, 2.05) is 41.0 Å². The normalized spacial score (nSPS) is 10.9. The molecule has 0 fully saturated rings. The first-order valence-corrected chi connectivity index (χ1v) is 7.74. The standard InChI is InChI=1S/C14H11BrIN3O/c1-20-13-7-9(3-4-10(13)15)19-12-5-2-8(16)6-11(12)18-14(19)17/h2-7H,1H3,(H2,17,18). The third-order valence-electron chi connectivity index (χ3n) is 3.04. The molecule has 0 aliphatic heterocycles. The largest absolute Gasteiger partial charge is 0.495 e. The van der Waals surface area contributed by atoms with Crippen molar-refractivity contribution >= 4 is 55.5 Å². The molecule has 0 unspecified atom stereocenters. The molecule has 0 spiro atoms. The molecule has 0 saturated heterocycles. The lowest BCUT2D eigenvalue weighted by atomic mass is 10.2. The van der Waals surface area contributed by atoms with Crippen molar-refractivity contribution in [2.24, 2.45) is 0 Å². The lowest BCUT2D eigenvalue weighted by Gasteiger charge is -2.10. The number of fused-ring (bicyclic) bond motifs is 1. The van der Waals surface area contributed by atoms with Gasteiger partial charge in [0.05, 0.1) is 28.3 Å². The van der Waals surface area contributed by atoms with Crippen LogP contribution in [0.3, 0.4) is 0 Å². The molecule has 0 bridgehead atoms. The van der Waals surface area contributed by atoms with Crippen molar-refractivity contribution in [3.05, 3.63) is 44.4 Å².